The number of aromatic nitrogens is 2. The van der Waals surface area contributed by atoms with Gasteiger partial charge in [-0.15, -0.1) is 0 Å². The molecule has 4 N–H and O–H groups in total. The van der Waals surface area contributed by atoms with Gasteiger partial charge in [0.15, 0.2) is 11.5 Å². The van der Waals surface area contributed by atoms with Crippen molar-refractivity contribution in [3.63, 3.8) is 0 Å². The molecule has 1 aromatic heterocycles. The zero-order valence-corrected chi connectivity index (χ0v) is 16.7. The number of nitrogens with zero attached hydrogens (tertiary/aromatic N) is 3. The Morgan fingerprint density at radius 3 is 2.69 bits per heavy atom. The maximum atomic E-state index is 11.8. The molecule has 1 aliphatic heterocycles. The van der Waals surface area contributed by atoms with E-state index >= 15 is 0 Å². The van der Waals surface area contributed by atoms with Gasteiger partial charge in [0.05, 0.1) is 6.20 Å². The van der Waals surface area contributed by atoms with E-state index in [2.05, 4.69) is 32.1 Å². The summed E-state index contributed by atoms with van der Waals surface area (Å²) in [7, 11) is 0. The van der Waals surface area contributed by atoms with Gasteiger partial charge in [-0.25, -0.2) is 9.97 Å². The molecule has 2 aromatic rings. The van der Waals surface area contributed by atoms with E-state index in [1.165, 1.54) is 6.08 Å². The minimum Gasteiger partial charge on any atom is -0.364 e. The molecule has 1 saturated heterocycles. The number of amides is 2. The summed E-state index contributed by atoms with van der Waals surface area (Å²) in [6, 6.07) is 7.71. The number of carbonyl (C=O) groups is 2. The Kier molecular flexibility index (Phi) is 6.11. The fraction of sp³-hybridized carbons (Fsp3) is 0.333. The summed E-state index contributed by atoms with van der Waals surface area (Å²) in [4.78, 5) is 34.5. The van der Waals surface area contributed by atoms with Gasteiger partial charge in [0.1, 0.15) is 5.82 Å². The quantitative estimate of drug-likeness (QED) is 0.648. The third-order valence-electron chi connectivity index (χ3n) is 5.10. The summed E-state index contributed by atoms with van der Waals surface area (Å²) in [5, 5.41) is 6.11. The molecule has 0 spiro atoms. The fourth-order valence-corrected chi connectivity index (χ4v) is 3.46. The molecule has 2 amide bonds. The second-order valence-electron chi connectivity index (χ2n) is 7.18. The summed E-state index contributed by atoms with van der Waals surface area (Å²) >= 11 is 0. The van der Waals surface area contributed by atoms with Crippen LogP contribution in [0.1, 0.15) is 35.8 Å². The number of benzene rings is 1. The van der Waals surface area contributed by atoms with Crippen molar-refractivity contribution >= 4 is 29.1 Å². The van der Waals surface area contributed by atoms with Crippen LogP contribution in [0.5, 0.6) is 0 Å². The molecule has 0 aliphatic carbocycles. The molecule has 152 valence electrons. The van der Waals surface area contributed by atoms with E-state index in [1.807, 2.05) is 38.1 Å². The number of hydrogen-bond acceptors (Lipinski definition) is 6. The number of anilines is 3. The average Bonchev–Trinajstić information content (AvgIpc) is 2.71. The summed E-state index contributed by atoms with van der Waals surface area (Å²) < 4.78 is 0. The Hall–Kier alpha value is -3.42. The maximum Gasteiger partial charge on any atom is 0.271 e. The average molecular weight is 394 g/mol. The van der Waals surface area contributed by atoms with Crippen molar-refractivity contribution < 1.29 is 9.59 Å². The van der Waals surface area contributed by atoms with Crippen molar-refractivity contribution in [3.05, 3.63) is 54.4 Å². The molecule has 1 aliphatic rings. The first kappa shape index (κ1) is 20.3. The molecular weight excluding hydrogens is 368 g/mol. The predicted octanol–water partition coefficient (Wildman–Crippen LogP) is 2.29. The SMILES string of the molecule is C=CC(=O)N[C@@H]1CCCN(c2cnc(C(N)=O)c(Nc3ccc(C)cc3)n2)[C@@H]1C. The molecule has 2 heterocycles. The van der Waals surface area contributed by atoms with Crippen LogP contribution >= 0.6 is 0 Å². The summed E-state index contributed by atoms with van der Waals surface area (Å²) in [5.41, 5.74) is 7.48. The molecular formula is C21H26N6O2. The lowest BCUT2D eigenvalue weighted by atomic mass is 9.97. The Morgan fingerprint density at radius 1 is 1.31 bits per heavy atom. The summed E-state index contributed by atoms with van der Waals surface area (Å²) in [5.74, 6) is 0.0834. The van der Waals surface area contributed by atoms with Gasteiger partial charge in [0.25, 0.3) is 5.91 Å². The third kappa shape index (κ3) is 4.71. The predicted molar refractivity (Wildman–Crippen MR) is 113 cm³/mol. The molecule has 1 fully saturated rings. The molecule has 0 radical (unpaired) electrons. The van der Waals surface area contributed by atoms with Crippen LogP contribution in [0.15, 0.2) is 43.1 Å². The van der Waals surface area contributed by atoms with Crippen LogP contribution in [-0.2, 0) is 4.79 Å². The minimum atomic E-state index is -0.651. The fourth-order valence-electron chi connectivity index (χ4n) is 3.46. The van der Waals surface area contributed by atoms with Crippen LogP contribution in [0.3, 0.4) is 0 Å². The number of aryl methyl sites for hydroxylation is 1. The van der Waals surface area contributed by atoms with Gasteiger partial charge in [-0.05, 0) is 44.9 Å². The normalized spacial score (nSPS) is 18.8. The van der Waals surface area contributed by atoms with Crippen molar-refractivity contribution in [2.24, 2.45) is 5.73 Å². The van der Waals surface area contributed by atoms with Crippen LogP contribution in [0.4, 0.5) is 17.3 Å². The van der Waals surface area contributed by atoms with Crippen molar-refractivity contribution in [1.29, 1.82) is 0 Å². The maximum absolute atomic E-state index is 11.8. The number of rotatable bonds is 6. The Balaban J connectivity index is 1.89. The zero-order valence-electron chi connectivity index (χ0n) is 16.7. The Bertz CT molecular complexity index is 912. The lowest BCUT2D eigenvalue weighted by Crippen LogP contribution is -2.54. The molecule has 3 rings (SSSR count). The Labute approximate surface area is 170 Å². The van der Waals surface area contributed by atoms with Crippen LogP contribution in [-0.4, -0.2) is 40.4 Å². The second-order valence-corrected chi connectivity index (χ2v) is 7.18. The number of hydrogen-bond donors (Lipinski definition) is 3. The molecule has 2 atom stereocenters. The molecule has 8 nitrogen and oxygen atoms in total. The van der Waals surface area contributed by atoms with Crippen LogP contribution in [0, 0.1) is 6.92 Å². The third-order valence-corrected chi connectivity index (χ3v) is 5.10. The van der Waals surface area contributed by atoms with E-state index in [1.54, 1.807) is 6.20 Å². The van der Waals surface area contributed by atoms with E-state index in [0.717, 1.165) is 30.6 Å². The number of primary amides is 1. The molecule has 29 heavy (non-hydrogen) atoms. The van der Waals surface area contributed by atoms with E-state index < -0.39 is 5.91 Å². The van der Waals surface area contributed by atoms with Gasteiger partial charge in [-0.1, -0.05) is 24.3 Å². The largest absolute Gasteiger partial charge is 0.364 e. The summed E-state index contributed by atoms with van der Waals surface area (Å²) in [6.45, 7) is 8.32. The van der Waals surface area contributed by atoms with Gasteiger partial charge >= 0.3 is 0 Å². The number of piperidine rings is 1. The van der Waals surface area contributed by atoms with E-state index in [-0.39, 0.29) is 23.7 Å². The first-order chi connectivity index (χ1) is 13.9. The van der Waals surface area contributed by atoms with Crippen molar-refractivity contribution in [1.82, 2.24) is 15.3 Å². The van der Waals surface area contributed by atoms with Crippen molar-refractivity contribution in [2.75, 3.05) is 16.8 Å². The van der Waals surface area contributed by atoms with Crippen LogP contribution in [0.2, 0.25) is 0 Å². The molecule has 1 aromatic carbocycles. The number of nitrogens with one attached hydrogen (secondary N) is 2. The van der Waals surface area contributed by atoms with Crippen LogP contribution < -0.4 is 21.3 Å². The first-order valence-corrected chi connectivity index (χ1v) is 9.59. The smallest absolute Gasteiger partial charge is 0.271 e. The van der Waals surface area contributed by atoms with Gasteiger partial charge in [-0.2, -0.15) is 0 Å². The topological polar surface area (TPSA) is 113 Å². The van der Waals surface area contributed by atoms with Gasteiger partial charge in [0, 0.05) is 24.3 Å². The highest BCUT2D eigenvalue weighted by Gasteiger charge is 2.30. The highest BCUT2D eigenvalue weighted by Crippen LogP contribution is 2.26. The molecule has 0 bridgehead atoms. The van der Waals surface area contributed by atoms with Gasteiger partial charge in [-0.3, -0.25) is 9.59 Å². The highest BCUT2D eigenvalue weighted by atomic mass is 16.2. The Morgan fingerprint density at radius 2 is 2.03 bits per heavy atom. The van der Waals surface area contributed by atoms with Gasteiger partial charge < -0.3 is 21.3 Å². The van der Waals surface area contributed by atoms with Crippen molar-refractivity contribution in [3.8, 4) is 0 Å². The van der Waals surface area contributed by atoms with E-state index in [0.29, 0.717) is 11.6 Å². The zero-order chi connectivity index (χ0) is 21.0. The standard InChI is InChI=1S/C21H26N6O2/c1-4-18(28)25-16-6-5-11-27(14(16)3)17-12-23-19(20(22)29)21(26-17)24-15-9-7-13(2)8-10-15/h4,7-10,12,14,16H,1,5-6,11H2,2-3H3,(H2,22,29)(H,24,26)(H,25,28)/t14-,16-/m1/s1. The molecule has 0 saturated carbocycles. The number of nitrogens with two attached hydrogens (primary N) is 1. The van der Waals surface area contributed by atoms with E-state index in [4.69, 9.17) is 5.73 Å². The van der Waals surface area contributed by atoms with Gasteiger partial charge in [0.2, 0.25) is 5.91 Å². The minimum absolute atomic E-state index is 0.00797. The number of carbonyl (C=O) groups excluding carboxylic acids is 2. The first-order valence-electron chi connectivity index (χ1n) is 9.59. The lowest BCUT2D eigenvalue weighted by Gasteiger charge is -2.40. The second kappa shape index (κ2) is 8.72. The van der Waals surface area contributed by atoms with Crippen LogP contribution in [0.25, 0.3) is 0 Å². The van der Waals surface area contributed by atoms with Crippen molar-refractivity contribution in [2.45, 2.75) is 38.8 Å². The molecule has 8 heteroatoms. The summed E-state index contributed by atoms with van der Waals surface area (Å²) in [6.07, 6.45) is 4.59. The lowest BCUT2D eigenvalue weighted by molar-refractivity contribution is -0.117. The molecule has 0 unspecified atom stereocenters. The monoisotopic (exact) mass is 394 g/mol. The van der Waals surface area contributed by atoms with E-state index in [9.17, 15) is 9.59 Å². The highest BCUT2D eigenvalue weighted by molar-refractivity contribution is 5.96.